The van der Waals surface area contributed by atoms with Crippen molar-refractivity contribution in [1.82, 2.24) is 10.2 Å². The summed E-state index contributed by atoms with van der Waals surface area (Å²) in [4.78, 5) is 14.0. The third kappa shape index (κ3) is 2.80. The summed E-state index contributed by atoms with van der Waals surface area (Å²) in [5, 5.41) is 3.30. The monoisotopic (exact) mass is 262 g/mol. The number of carbonyl (C=O) groups is 1. The molecule has 104 valence electrons. The first-order valence-electron chi connectivity index (χ1n) is 6.65. The maximum atomic E-state index is 12.1. The Bertz CT molecular complexity index is 473. The van der Waals surface area contributed by atoms with Crippen LogP contribution in [0.3, 0.4) is 0 Å². The Morgan fingerprint density at radius 2 is 2.21 bits per heavy atom. The number of hydrogen-bond acceptors (Lipinski definition) is 3. The number of nitrogens with one attached hydrogen (secondary N) is 1. The molecule has 4 heteroatoms. The van der Waals surface area contributed by atoms with Crippen LogP contribution >= 0.6 is 0 Å². The van der Waals surface area contributed by atoms with Gasteiger partial charge in [0.25, 0.3) is 0 Å². The molecule has 0 saturated carbocycles. The molecule has 1 aromatic rings. The molecule has 1 heterocycles. The Balaban J connectivity index is 2.32. The fourth-order valence-corrected chi connectivity index (χ4v) is 2.65. The Morgan fingerprint density at radius 1 is 1.47 bits per heavy atom. The van der Waals surface area contributed by atoms with E-state index in [2.05, 4.69) is 37.4 Å². The zero-order valence-corrected chi connectivity index (χ0v) is 12.1. The van der Waals surface area contributed by atoms with Crippen LogP contribution in [0.1, 0.15) is 29.8 Å². The molecule has 2 unspecified atom stereocenters. The molecule has 19 heavy (non-hydrogen) atoms. The molecule has 1 aliphatic rings. The molecular formula is C15H22N2O2. The van der Waals surface area contributed by atoms with Gasteiger partial charge in [-0.3, -0.25) is 10.1 Å². The van der Waals surface area contributed by atoms with Crippen molar-refractivity contribution in [3.63, 3.8) is 0 Å². The van der Waals surface area contributed by atoms with E-state index in [0.717, 1.165) is 0 Å². The number of ether oxygens (including phenoxy) is 1. The molecule has 0 aromatic heterocycles. The van der Waals surface area contributed by atoms with Gasteiger partial charge in [0.2, 0.25) is 5.91 Å². The average Bonchev–Trinajstić information content (AvgIpc) is 2.74. The molecule has 2 rings (SSSR count). The summed E-state index contributed by atoms with van der Waals surface area (Å²) in [7, 11) is 1.66. The summed E-state index contributed by atoms with van der Waals surface area (Å²) in [5.74, 6) is 0.135. The molecule has 4 nitrogen and oxygen atoms in total. The third-order valence-corrected chi connectivity index (χ3v) is 3.62. The normalized spacial score (nSPS) is 20.9. The smallest absolute Gasteiger partial charge is 0.238 e. The quantitative estimate of drug-likeness (QED) is 0.899. The number of rotatable bonds is 4. The first kappa shape index (κ1) is 14.0. The summed E-state index contributed by atoms with van der Waals surface area (Å²) >= 11 is 0. The van der Waals surface area contributed by atoms with Gasteiger partial charge in [0, 0.05) is 7.11 Å². The highest BCUT2D eigenvalue weighted by Crippen LogP contribution is 2.28. The summed E-state index contributed by atoms with van der Waals surface area (Å²) in [6.45, 7) is 7.12. The lowest BCUT2D eigenvalue weighted by Crippen LogP contribution is -2.40. The molecule has 1 fully saturated rings. The minimum absolute atomic E-state index is 0.0439. The highest BCUT2D eigenvalue weighted by molar-refractivity contribution is 5.81. The van der Waals surface area contributed by atoms with E-state index in [9.17, 15) is 4.79 Å². The maximum absolute atomic E-state index is 12.1. The van der Waals surface area contributed by atoms with E-state index in [-0.39, 0.29) is 18.1 Å². The lowest BCUT2D eigenvalue weighted by molar-refractivity contribution is -0.131. The molecule has 0 radical (unpaired) electrons. The van der Waals surface area contributed by atoms with Gasteiger partial charge >= 0.3 is 0 Å². The van der Waals surface area contributed by atoms with E-state index >= 15 is 0 Å². The lowest BCUT2D eigenvalue weighted by Gasteiger charge is -2.31. The van der Waals surface area contributed by atoms with Gasteiger partial charge in [-0.15, -0.1) is 0 Å². The molecule has 1 N–H and O–H groups in total. The summed E-state index contributed by atoms with van der Waals surface area (Å²) in [5.41, 5.74) is 3.59. The molecule has 0 bridgehead atoms. The number of carbonyl (C=O) groups excluding carboxylic acids is 1. The van der Waals surface area contributed by atoms with Gasteiger partial charge in [-0.05, 0) is 31.9 Å². The number of amides is 1. The minimum atomic E-state index is -0.0439. The van der Waals surface area contributed by atoms with Crippen molar-refractivity contribution in [2.75, 3.05) is 20.3 Å². The molecule has 1 saturated heterocycles. The highest BCUT2D eigenvalue weighted by Gasteiger charge is 2.35. The fourth-order valence-electron chi connectivity index (χ4n) is 2.65. The van der Waals surface area contributed by atoms with Crippen molar-refractivity contribution in [2.45, 2.75) is 33.0 Å². The SMILES string of the molecule is COCC(C)N1C(=O)CNC1c1cc(C)ccc1C. The molecule has 2 atom stereocenters. The van der Waals surface area contributed by atoms with Crippen LogP contribution in [0.2, 0.25) is 0 Å². The number of hydrogen-bond donors (Lipinski definition) is 1. The maximum Gasteiger partial charge on any atom is 0.238 e. The highest BCUT2D eigenvalue weighted by atomic mass is 16.5. The van der Waals surface area contributed by atoms with Crippen LogP contribution in [-0.2, 0) is 9.53 Å². The van der Waals surface area contributed by atoms with E-state index in [1.807, 2.05) is 11.8 Å². The van der Waals surface area contributed by atoms with Crippen LogP contribution in [0, 0.1) is 13.8 Å². The second-order valence-electron chi connectivity index (χ2n) is 5.25. The number of aryl methyl sites for hydroxylation is 2. The van der Waals surface area contributed by atoms with Crippen LogP contribution < -0.4 is 5.32 Å². The first-order valence-corrected chi connectivity index (χ1v) is 6.65. The Morgan fingerprint density at radius 3 is 2.89 bits per heavy atom. The summed E-state index contributed by atoms with van der Waals surface area (Å²) in [6.07, 6.45) is -0.0439. The van der Waals surface area contributed by atoms with Gasteiger partial charge < -0.3 is 9.64 Å². The van der Waals surface area contributed by atoms with E-state index in [1.165, 1.54) is 16.7 Å². The van der Waals surface area contributed by atoms with Crippen molar-refractivity contribution < 1.29 is 9.53 Å². The zero-order valence-electron chi connectivity index (χ0n) is 12.1. The van der Waals surface area contributed by atoms with E-state index in [1.54, 1.807) is 7.11 Å². The molecular weight excluding hydrogens is 240 g/mol. The van der Waals surface area contributed by atoms with E-state index < -0.39 is 0 Å². The molecule has 1 aromatic carbocycles. The lowest BCUT2D eigenvalue weighted by atomic mass is 10.0. The zero-order chi connectivity index (χ0) is 14.0. The largest absolute Gasteiger partial charge is 0.383 e. The van der Waals surface area contributed by atoms with Crippen LogP contribution in [0.4, 0.5) is 0 Å². The van der Waals surface area contributed by atoms with Crippen molar-refractivity contribution in [3.8, 4) is 0 Å². The summed E-state index contributed by atoms with van der Waals surface area (Å²) < 4.78 is 5.18. The second-order valence-corrected chi connectivity index (χ2v) is 5.25. The van der Waals surface area contributed by atoms with Crippen LogP contribution in [0.25, 0.3) is 0 Å². The van der Waals surface area contributed by atoms with Crippen molar-refractivity contribution in [1.29, 1.82) is 0 Å². The predicted octanol–water partition coefficient (Wildman–Crippen LogP) is 1.77. The first-order chi connectivity index (χ1) is 9.04. The summed E-state index contributed by atoms with van der Waals surface area (Å²) in [6, 6.07) is 6.42. The van der Waals surface area contributed by atoms with Crippen LogP contribution in [-0.4, -0.2) is 37.1 Å². The minimum Gasteiger partial charge on any atom is -0.383 e. The topological polar surface area (TPSA) is 41.6 Å². The Kier molecular flexibility index (Phi) is 4.22. The third-order valence-electron chi connectivity index (χ3n) is 3.62. The van der Waals surface area contributed by atoms with Gasteiger partial charge in [0.05, 0.1) is 19.2 Å². The Hall–Kier alpha value is -1.39. The number of nitrogens with zero attached hydrogens (tertiary/aromatic N) is 1. The van der Waals surface area contributed by atoms with Gasteiger partial charge in [0.15, 0.2) is 0 Å². The molecule has 1 amide bonds. The van der Waals surface area contributed by atoms with Gasteiger partial charge in [-0.2, -0.15) is 0 Å². The van der Waals surface area contributed by atoms with Crippen molar-refractivity contribution in [2.24, 2.45) is 0 Å². The number of methoxy groups -OCH3 is 1. The molecule has 1 aliphatic heterocycles. The van der Waals surface area contributed by atoms with E-state index in [0.29, 0.717) is 13.2 Å². The second kappa shape index (κ2) is 5.72. The molecule has 0 aliphatic carbocycles. The van der Waals surface area contributed by atoms with Crippen LogP contribution in [0.5, 0.6) is 0 Å². The average molecular weight is 262 g/mol. The number of benzene rings is 1. The predicted molar refractivity (Wildman–Crippen MR) is 74.8 cm³/mol. The van der Waals surface area contributed by atoms with Gasteiger partial charge in [-0.25, -0.2) is 0 Å². The van der Waals surface area contributed by atoms with Gasteiger partial charge in [-0.1, -0.05) is 23.8 Å². The molecule has 0 spiro atoms. The van der Waals surface area contributed by atoms with Crippen molar-refractivity contribution in [3.05, 3.63) is 34.9 Å². The standard InChI is InChI=1S/C15H22N2O2/c1-10-5-6-11(2)13(7-10)15-16-8-14(18)17(15)12(3)9-19-4/h5-7,12,15-16H,8-9H2,1-4H3. The van der Waals surface area contributed by atoms with Crippen LogP contribution in [0.15, 0.2) is 18.2 Å². The van der Waals surface area contributed by atoms with E-state index in [4.69, 9.17) is 4.74 Å². The van der Waals surface area contributed by atoms with Gasteiger partial charge in [0.1, 0.15) is 6.17 Å². The fraction of sp³-hybridized carbons (Fsp3) is 0.533. The Labute approximate surface area is 114 Å². The van der Waals surface area contributed by atoms with Crippen molar-refractivity contribution >= 4 is 5.91 Å².